The first kappa shape index (κ1) is 14.1. The number of nitrogens with zero attached hydrogens (tertiary/aromatic N) is 2. The van der Waals surface area contributed by atoms with Gasteiger partial charge in [-0.2, -0.15) is 0 Å². The van der Waals surface area contributed by atoms with Gasteiger partial charge in [0.05, 0.1) is 21.8 Å². The quantitative estimate of drug-likeness (QED) is 0.651. The number of fused-ring (bicyclic) bond motifs is 3. The highest BCUT2D eigenvalue weighted by Gasteiger charge is 2.18. The molecule has 0 spiro atoms. The standard InChI is InChI=1S/C17H17ClN2O/c1-3-4-9-20-14-8-6-5-7-12(14)15-16(18)13(10-21)11(2)19-17(15)20/h5-8,10H,3-4,9H2,1-2H3. The van der Waals surface area contributed by atoms with Crippen molar-refractivity contribution in [1.82, 2.24) is 9.55 Å². The topological polar surface area (TPSA) is 34.9 Å². The summed E-state index contributed by atoms with van der Waals surface area (Å²) in [5.41, 5.74) is 3.17. The van der Waals surface area contributed by atoms with E-state index in [1.54, 1.807) is 0 Å². The third-order valence-corrected chi connectivity index (χ3v) is 4.31. The van der Waals surface area contributed by atoms with Gasteiger partial charge in [0, 0.05) is 17.3 Å². The van der Waals surface area contributed by atoms with Crippen molar-refractivity contribution in [1.29, 1.82) is 0 Å². The van der Waals surface area contributed by atoms with Gasteiger partial charge in [-0.05, 0) is 19.4 Å². The minimum absolute atomic E-state index is 0.488. The molecule has 3 rings (SSSR count). The second-order valence-electron chi connectivity index (χ2n) is 5.26. The molecule has 0 amide bonds. The number of aldehydes is 1. The van der Waals surface area contributed by atoms with Gasteiger partial charge in [-0.3, -0.25) is 4.79 Å². The molecule has 0 aliphatic heterocycles. The van der Waals surface area contributed by atoms with Crippen molar-refractivity contribution in [2.75, 3.05) is 0 Å². The minimum atomic E-state index is 0.488. The Morgan fingerprint density at radius 1 is 1.33 bits per heavy atom. The highest BCUT2D eigenvalue weighted by atomic mass is 35.5. The van der Waals surface area contributed by atoms with Crippen molar-refractivity contribution in [3.8, 4) is 0 Å². The summed E-state index contributed by atoms with van der Waals surface area (Å²) in [4.78, 5) is 15.9. The maximum absolute atomic E-state index is 11.3. The van der Waals surface area contributed by atoms with Crippen LogP contribution in [-0.4, -0.2) is 15.8 Å². The first-order chi connectivity index (χ1) is 10.2. The minimum Gasteiger partial charge on any atom is -0.325 e. The molecule has 0 saturated carbocycles. The molecule has 0 N–H and O–H groups in total. The number of aromatic nitrogens is 2. The lowest BCUT2D eigenvalue weighted by molar-refractivity contribution is 0.112. The monoisotopic (exact) mass is 300 g/mol. The Bertz CT molecular complexity index is 836. The summed E-state index contributed by atoms with van der Waals surface area (Å²) >= 11 is 6.49. The average Bonchev–Trinajstić information content (AvgIpc) is 2.79. The van der Waals surface area contributed by atoms with E-state index in [-0.39, 0.29) is 0 Å². The number of carbonyl (C=O) groups is 1. The molecule has 21 heavy (non-hydrogen) atoms. The number of carbonyl (C=O) groups excluding carboxylic acids is 1. The van der Waals surface area contributed by atoms with Crippen LogP contribution in [-0.2, 0) is 6.54 Å². The maximum atomic E-state index is 11.3. The van der Waals surface area contributed by atoms with Crippen LogP contribution in [0.25, 0.3) is 21.9 Å². The summed E-state index contributed by atoms with van der Waals surface area (Å²) in [6.45, 7) is 4.91. The van der Waals surface area contributed by atoms with E-state index in [1.165, 1.54) is 0 Å². The second kappa shape index (κ2) is 5.49. The fourth-order valence-electron chi connectivity index (χ4n) is 2.81. The van der Waals surface area contributed by atoms with E-state index in [2.05, 4.69) is 22.5 Å². The van der Waals surface area contributed by atoms with Crippen LogP contribution in [0.15, 0.2) is 24.3 Å². The zero-order valence-electron chi connectivity index (χ0n) is 12.2. The lowest BCUT2D eigenvalue weighted by Crippen LogP contribution is -2.01. The molecule has 0 radical (unpaired) electrons. The van der Waals surface area contributed by atoms with E-state index in [1.807, 2.05) is 25.1 Å². The SMILES string of the molecule is CCCCn1c2ccccc2c2c(Cl)c(C=O)c(C)nc21. The van der Waals surface area contributed by atoms with Crippen molar-refractivity contribution in [2.45, 2.75) is 33.2 Å². The summed E-state index contributed by atoms with van der Waals surface area (Å²) in [5, 5.41) is 2.46. The Morgan fingerprint density at radius 2 is 2.10 bits per heavy atom. The first-order valence-electron chi connectivity index (χ1n) is 7.21. The number of unbranched alkanes of at least 4 members (excludes halogenated alkanes) is 1. The predicted molar refractivity (Wildman–Crippen MR) is 87.3 cm³/mol. The Labute approximate surface area is 128 Å². The molecule has 3 aromatic rings. The van der Waals surface area contributed by atoms with Crippen molar-refractivity contribution < 1.29 is 4.79 Å². The smallest absolute Gasteiger partial charge is 0.153 e. The molecule has 0 aliphatic carbocycles. The van der Waals surface area contributed by atoms with Gasteiger partial charge < -0.3 is 4.57 Å². The van der Waals surface area contributed by atoms with Crippen molar-refractivity contribution in [3.63, 3.8) is 0 Å². The molecule has 0 bridgehead atoms. The number of aryl methyl sites for hydroxylation is 2. The van der Waals surface area contributed by atoms with Crippen molar-refractivity contribution in [3.05, 3.63) is 40.5 Å². The van der Waals surface area contributed by atoms with Crippen LogP contribution in [0, 0.1) is 6.92 Å². The van der Waals surface area contributed by atoms with Gasteiger partial charge >= 0.3 is 0 Å². The molecule has 0 aliphatic rings. The Hall–Kier alpha value is -1.87. The Kier molecular flexibility index (Phi) is 3.68. The Balaban J connectivity index is 2.46. The van der Waals surface area contributed by atoms with Crippen LogP contribution in [0.1, 0.15) is 35.8 Å². The molecule has 1 aromatic carbocycles. The zero-order chi connectivity index (χ0) is 15.0. The maximum Gasteiger partial charge on any atom is 0.153 e. The van der Waals surface area contributed by atoms with Crippen LogP contribution < -0.4 is 0 Å². The normalized spacial score (nSPS) is 11.4. The molecular formula is C17H17ClN2O. The molecule has 2 aromatic heterocycles. The van der Waals surface area contributed by atoms with Gasteiger partial charge in [0.15, 0.2) is 6.29 Å². The number of halogens is 1. The molecular weight excluding hydrogens is 284 g/mol. The van der Waals surface area contributed by atoms with Gasteiger partial charge in [0.25, 0.3) is 0 Å². The fourth-order valence-corrected chi connectivity index (χ4v) is 3.18. The van der Waals surface area contributed by atoms with Crippen molar-refractivity contribution in [2.24, 2.45) is 0 Å². The number of rotatable bonds is 4. The van der Waals surface area contributed by atoms with Gasteiger partial charge in [-0.25, -0.2) is 4.98 Å². The van der Waals surface area contributed by atoms with E-state index >= 15 is 0 Å². The molecule has 0 unspecified atom stereocenters. The van der Waals surface area contributed by atoms with E-state index < -0.39 is 0 Å². The zero-order valence-corrected chi connectivity index (χ0v) is 12.9. The van der Waals surface area contributed by atoms with E-state index in [0.717, 1.165) is 47.6 Å². The average molecular weight is 301 g/mol. The molecule has 2 heterocycles. The van der Waals surface area contributed by atoms with E-state index in [9.17, 15) is 4.79 Å². The van der Waals surface area contributed by atoms with Crippen LogP contribution in [0.3, 0.4) is 0 Å². The number of hydrogen-bond acceptors (Lipinski definition) is 2. The number of pyridine rings is 1. The van der Waals surface area contributed by atoms with E-state index in [4.69, 9.17) is 11.6 Å². The number of hydrogen-bond donors (Lipinski definition) is 0. The van der Waals surface area contributed by atoms with Crippen LogP contribution in [0.4, 0.5) is 0 Å². The van der Waals surface area contributed by atoms with Crippen molar-refractivity contribution >= 4 is 39.8 Å². The summed E-state index contributed by atoms with van der Waals surface area (Å²) < 4.78 is 2.21. The summed E-state index contributed by atoms with van der Waals surface area (Å²) in [6, 6.07) is 8.13. The van der Waals surface area contributed by atoms with Crippen LogP contribution in [0.5, 0.6) is 0 Å². The van der Waals surface area contributed by atoms with Gasteiger partial charge in [-0.15, -0.1) is 0 Å². The third-order valence-electron chi connectivity index (χ3n) is 3.92. The lowest BCUT2D eigenvalue weighted by Gasteiger charge is -2.07. The second-order valence-corrected chi connectivity index (χ2v) is 5.64. The molecule has 4 heteroatoms. The van der Waals surface area contributed by atoms with Crippen LogP contribution >= 0.6 is 11.6 Å². The number of benzene rings is 1. The van der Waals surface area contributed by atoms with E-state index in [0.29, 0.717) is 16.3 Å². The number of para-hydroxylation sites is 1. The third kappa shape index (κ3) is 2.12. The summed E-state index contributed by atoms with van der Waals surface area (Å²) in [7, 11) is 0. The first-order valence-corrected chi connectivity index (χ1v) is 7.59. The largest absolute Gasteiger partial charge is 0.325 e. The Morgan fingerprint density at radius 3 is 2.81 bits per heavy atom. The molecule has 0 fully saturated rings. The molecule has 3 nitrogen and oxygen atoms in total. The summed E-state index contributed by atoms with van der Waals surface area (Å²) in [6.07, 6.45) is 3.00. The van der Waals surface area contributed by atoms with Gasteiger partial charge in [-0.1, -0.05) is 43.1 Å². The molecule has 0 saturated heterocycles. The predicted octanol–water partition coefficient (Wildman–Crippen LogP) is 4.76. The van der Waals surface area contributed by atoms with Gasteiger partial charge in [0.2, 0.25) is 0 Å². The summed E-state index contributed by atoms with van der Waals surface area (Å²) in [5.74, 6) is 0. The molecule has 0 atom stereocenters. The van der Waals surface area contributed by atoms with Gasteiger partial charge in [0.1, 0.15) is 5.65 Å². The van der Waals surface area contributed by atoms with Crippen LogP contribution in [0.2, 0.25) is 5.02 Å². The lowest BCUT2D eigenvalue weighted by atomic mass is 10.1. The highest BCUT2D eigenvalue weighted by molar-refractivity contribution is 6.40. The fraction of sp³-hybridized carbons (Fsp3) is 0.294. The highest BCUT2D eigenvalue weighted by Crippen LogP contribution is 2.35. The molecule has 108 valence electrons.